The Bertz CT molecular complexity index is 472. The molecule has 1 atom stereocenters. The van der Waals surface area contributed by atoms with Crippen LogP contribution in [0.4, 0.5) is 5.95 Å². The van der Waals surface area contributed by atoms with Gasteiger partial charge in [0.05, 0.1) is 12.2 Å². The number of rotatable bonds is 6. The number of hydrogen-bond acceptors (Lipinski definition) is 3. The summed E-state index contributed by atoms with van der Waals surface area (Å²) in [6, 6.07) is 2.23. The fraction of sp³-hybridized carbons (Fsp3) is 0.538. The van der Waals surface area contributed by atoms with Crippen LogP contribution in [0.15, 0.2) is 24.7 Å². The third-order valence-electron chi connectivity index (χ3n) is 2.76. The van der Waals surface area contributed by atoms with Crippen molar-refractivity contribution in [1.82, 2.24) is 19.3 Å². The van der Waals surface area contributed by atoms with E-state index < -0.39 is 0 Å². The van der Waals surface area contributed by atoms with Gasteiger partial charge in [-0.2, -0.15) is 5.10 Å². The van der Waals surface area contributed by atoms with Crippen molar-refractivity contribution in [3.05, 3.63) is 30.4 Å². The molecule has 1 unspecified atom stereocenters. The summed E-state index contributed by atoms with van der Waals surface area (Å²) in [5, 5.41) is 7.66. The summed E-state index contributed by atoms with van der Waals surface area (Å²) in [5.74, 6) is 0.953. The first-order valence-corrected chi connectivity index (χ1v) is 6.46. The van der Waals surface area contributed by atoms with Gasteiger partial charge in [-0.05, 0) is 26.3 Å². The van der Waals surface area contributed by atoms with Crippen LogP contribution in [0.2, 0.25) is 0 Å². The molecule has 2 aromatic heterocycles. The molecule has 0 fully saturated rings. The summed E-state index contributed by atoms with van der Waals surface area (Å²) in [4.78, 5) is 4.52. The van der Waals surface area contributed by atoms with Gasteiger partial charge in [-0.25, -0.2) is 4.98 Å². The van der Waals surface area contributed by atoms with E-state index in [9.17, 15) is 0 Å². The minimum Gasteiger partial charge on any atom is -0.351 e. The van der Waals surface area contributed by atoms with Crippen molar-refractivity contribution in [2.75, 3.05) is 5.32 Å². The lowest BCUT2D eigenvalue weighted by Gasteiger charge is -2.15. The van der Waals surface area contributed by atoms with Gasteiger partial charge in [0, 0.05) is 31.2 Å². The smallest absolute Gasteiger partial charge is 0.203 e. The van der Waals surface area contributed by atoms with E-state index in [2.05, 4.69) is 40.0 Å². The van der Waals surface area contributed by atoms with E-state index in [0.717, 1.165) is 31.2 Å². The maximum atomic E-state index is 4.52. The normalized spacial score (nSPS) is 12.6. The van der Waals surface area contributed by atoms with Crippen LogP contribution in [-0.2, 0) is 13.1 Å². The van der Waals surface area contributed by atoms with Crippen molar-refractivity contribution in [1.29, 1.82) is 0 Å². The van der Waals surface area contributed by atoms with Crippen molar-refractivity contribution < 1.29 is 0 Å². The van der Waals surface area contributed by atoms with Crippen molar-refractivity contribution >= 4 is 5.95 Å². The molecule has 2 heterocycles. The van der Waals surface area contributed by atoms with E-state index in [1.807, 2.05) is 23.9 Å². The van der Waals surface area contributed by atoms with E-state index in [1.165, 1.54) is 0 Å². The largest absolute Gasteiger partial charge is 0.351 e. The fourth-order valence-electron chi connectivity index (χ4n) is 2.03. The predicted molar refractivity (Wildman–Crippen MR) is 72.6 cm³/mol. The van der Waals surface area contributed by atoms with Crippen LogP contribution in [0.3, 0.4) is 0 Å². The fourth-order valence-corrected chi connectivity index (χ4v) is 2.03. The van der Waals surface area contributed by atoms with E-state index in [-0.39, 0.29) is 0 Å². The Hall–Kier alpha value is -1.78. The highest BCUT2D eigenvalue weighted by molar-refractivity contribution is 5.29. The molecule has 0 spiro atoms. The lowest BCUT2D eigenvalue weighted by molar-refractivity contribution is 0.553. The molecular weight excluding hydrogens is 226 g/mol. The molecule has 0 aliphatic heterocycles. The number of hydrogen-bond donors (Lipinski definition) is 1. The molecule has 0 saturated carbocycles. The first-order chi connectivity index (χ1) is 8.69. The van der Waals surface area contributed by atoms with Gasteiger partial charge < -0.3 is 9.88 Å². The summed E-state index contributed by atoms with van der Waals surface area (Å²) in [5.41, 5.74) is 1.05. The standard InChI is InChI=1S/C13H21N5/c1-4-7-17-9-11(2)15-13(17)16-12(3)10-18-8-5-6-14-18/h5-6,8-9,12H,4,7,10H2,1-3H3,(H,15,16). The van der Waals surface area contributed by atoms with Crippen molar-refractivity contribution in [3.63, 3.8) is 0 Å². The van der Waals surface area contributed by atoms with Crippen LogP contribution >= 0.6 is 0 Å². The molecule has 5 nitrogen and oxygen atoms in total. The summed E-state index contributed by atoms with van der Waals surface area (Å²) < 4.78 is 4.10. The zero-order valence-corrected chi connectivity index (χ0v) is 11.3. The van der Waals surface area contributed by atoms with Gasteiger partial charge >= 0.3 is 0 Å². The highest BCUT2D eigenvalue weighted by Crippen LogP contribution is 2.11. The second kappa shape index (κ2) is 5.71. The third kappa shape index (κ3) is 3.12. The second-order valence-electron chi connectivity index (χ2n) is 4.67. The van der Waals surface area contributed by atoms with Gasteiger partial charge in [0.2, 0.25) is 5.95 Å². The number of nitrogens with zero attached hydrogens (tertiary/aromatic N) is 4. The zero-order valence-electron chi connectivity index (χ0n) is 11.3. The number of aromatic nitrogens is 4. The third-order valence-corrected chi connectivity index (χ3v) is 2.76. The summed E-state index contributed by atoms with van der Waals surface area (Å²) in [6.45, 7) is 8.17. The molecule has 2 rings (SSSR count). The summed E-state index contributed by atoms with van der Waals surface area (Å²) >= 11 is 0. The van der Waals surface area contributed by atoms with Crippen molar-refractivity contribution in [2.45, 2.75) is 46.3 Å². The Morgan fingerprint density at radius 2 is 2.28 bits per heavy atom. The van der Waals surface area contributed by atoms with E-state index in [0.29, 0.717) is 6.04 Å². The molecule has 98 valence electrons. The summed E-state index contributed by atoms with van der Waals surface area (Å²) in [6.07, 6.45) is 6.97. The molecule has 0 amide bonds. The molecule has 1 N–H and O–H groups in total. The topological polar surface area (TPSA) is 47.7 Å². The van der Waals surface area contributed by atoms with Crippen molar-refractivity contribution in [3.8, 4) is 0 Å². The first kappa shape index (κ1) is 12.7. The zero-order chi connectivity index (χ0) is 13.0. The molecule has 0 aromatic carbocycles. The van der Waals surface area contributed by atoms with E-state index in [4.69, 9.17) is 0 Å². The molecule has 0 aliphatic carbocycles. The quantitative estimate of drug-likeness (QED) is 0.852. The van der Waals surface area contributed by atoms with E-state index >= 15 is 0 Å². The van der Waals surface area contributed by atoms with Crippen LogP contribution < -0.4 is 5.32 Å². The Morgan fingerprint density at radius 3 is 2.94 bits per heavy atom. The molecule has 0 saturated heterocycles. The maximum Gasteiger partial charge on any atom is 0.203 e. The first-order valence-electron chi connectivity index (χ1n) is 6.46. The SMILES string of the molecule is CCCn1cc(C)nc1NC(C)Cn1cccn1. The molecule has 5 heteroatoms. The Morgan fingerprint density at radius 1 is 1.44 bits per heavy atom. The number of anilines is 1. The highest BCUT2D eigenvalue weighted by Gasteiger charge is 2.09. The average Bonchev–Trinajstić information content (AvgIpc) is 2.90. The van der Waals surface area contributed by atoms with Crippen LogP contribution in [-0.4, -0.2) is 25.4 Å². The van der Waals surface area contributed by atoms with Crippen LogP contribution in [0.25, 0.3) is 0 Å². The minimum atomic E-state index is 0.294. The van der Waals surface area contributed by atoms with Gasteiger partial charge in [-0.3, -0.25) is 4.68 Å². The Labute approximate surface area is 108 Å². The lowest BCUT2D eigenvalue weighted by Crippen LogP contribution is -2.24. The van der Waals surface area contributed by atoms with Gasteiger partial charge in [0.15, 0.2) is 0 Å². The van der Waals surface area contributed by atoms with Crippen LogP contribution in [0.5, 0.6) is 0 Å². The van der Waals surface area contributed by atoms with Gasteiger partial charge in [-0.15, -0.1) is 0 Å². The Kier molecular flexibility index (Phi) is 4.02. The van der Waals surface area contributed by atoms with E-state index in [1.54, 1.807) is 6.20 Å². The summed E-state index contributed by atoms with van der Waals surface area (Å²) in [7, 11) is 0. The highest BCUT2D eigenvalue weighted by atomic mass is 15.3. The number of imidazole rings is 1. The maximum absolute atomic E-state index is 4.52. The predicted octanol–water partition coefficient (Wildman–Crippen LogP) is 2.30. The minimum absolute atomic E-state index is 0.294. The molecule has 18 heavy (non-hydrogen) atoms. The number of aryl methyl sites for hydroxylation is 2. The monoisotopic (exact) mass is 247 g/mol. The number of nitrogens with one attached hydrogen (secondary N) is 1. The van der Waals surface area contributed by atoms with Gasteiger partial charge in [0.1, 0.15) is 0 Å². The molecule has 0 aliphatic rings. The average molecular weight is 247 g/mol. The molecule has 0 radical (unpaired) electrons. The van der Waals surface area contributed by atoms with Gasteiger partial charge in [-0.1, -0.05) is 6.92 Å². The van der Waals surface area contributed by atoms with Crippen molar-refractivity contribution in [2.24, 2.45) is 0 Å². The molecule has 2 aromatic rings. The Balaban J connectivity index is 1.99. The van der Waals surface area contributed by atoms with Crippen LogP contribution in [0, 0.1) is 6.92 Å². The lowest BCUT2D eigenvalue weighted by atomic mass is 10.3. The van der Waals surface area contributed by atoms with Gasteiger partial charge in [0.25, 0.3) is 0 Å². The molecular formula is C13H21N5. The van der Waals surface area contributed by atoms with Crippen LogP contribution in [0.1, 0.15) is 26.0 Å². The second-order valence-corrected chi connectivity index (χ2v) is 4.67. The molecule has 0 bridgehead atoms.